The molecule has 2 aromatic rings. The molecule has 0 spiro atoms. The number of carbonyl (C=O) groups excluding carboxylic acids is 3. The first kappa shape index (κ1) is 22.3. The number of nitrogens with one attached hydrogen (secondary N) is 2. The molecule has 31 heavy (non-hydrogen) atoms. The highest BCUT2D eigenvalue weighted by Crippen LogP contribution is 2.44. The van der Waals surface area contributed by atoms with E-state index in [9.17, 15) is 14.4 Å². The highest BCUT2D eigenvalue weighted by molar-refractivity contribution is 5.88. The summed E-state index contributed by atoms with van der Waals surface area (Å²) in [6.07, 6.45) is -0.991. The Morgan fingerprint density at radius 2 is 1.52 bits per heavy atom. The normalized spacial score (nSPS) is 13.2. The fourth-order valence-corrected chi connectivity index (χ4v) is 3.61. The number of carbonyl (C=O) groups is 3. The van der Waals surface area contributed by atoms with E-state index in [2.05, 4.69) is 22.8 Å². The van der Waals surface area contributed by atoms with Crippen molar-refractivity contribution in [3.63, 3.8) is 0 Å². The largest absolute Gasteiger partial charge is 0.464 e. The predicted octanol–water partition coefficient (Wildman–Crippen LogP) is 3.23. The Hall–Kier alpha value is -3.35. The second-order valence-corrected chi connectivity index (χ2v) is 7.92. The smallest absolute Gasteiger partial charge is 0.407 e. The fraction of sp³-hybridized carbons (Fsp3) is 0.375. The minimum atomic E-state index is -1.12. The van der Waals surface area contributed by atoms with Gasteiger partial charge in [0.05, 0.1) is 13.0 Å². The van der Waals surface area contributed by atoms with Gasteiger partial charge in [-0.25, -0.2) is 9.59 Å². The number of fused-ring (bicyclic) bond motifs is 3. The van der Waals surface area contributed by atoms with Crippen LogP contribution in [0.15, 0.2) is 48.5 Å². The second-order valence-electron chi connectivity index (χ2n) is 7.92. The number of alkyl carbamates (subject to hydrolysis) is 1. The van der Waals surface area contributed by atoms with Crippen LogP contribution in [0.1, 0.15) is 37.3 Å². The Morgan fingerprint density at radius 3 is 2.06 bits per heavy atom. The van der Waals surface area contributed by atoms with Crippen LogP contribution in [0.3, 0.4) is 0 Å². The zero-order valence-electron chi connectivity index (χ0n) is 18.0. The Labute approximate surface area is 182 Å². The Bertz CT molecular complexity index is 911. The maximum Gasteiger partial charge on any atom is 0.407 e. The van der Waals surface area contributed by atoms with E-state index < -0.39 is 18.1 Å². The zero-order valence-corrected chi connectivity index (χ0v) is 18.0. The van der Waals surface area contributed by atoms with Gasteiger partial charge in [0, 0.05) is 13.0 Å². The molecule has 0 heterocycles. The molecule has 2 aromatic carbocycles. The van der Waals surface area contributed by atoms with Gasteiger partial charge in [-0.2, -0.15) is 0 Å². The maximum atomic E-state index is 12.5. The number of benzene rings is 2. The van der Waals surface area contributed by atoms with Gasteiger partial charge >= 0.3 is 12.1 Å². The van der Waals surface area contributed by atoms with Crippen LogP contribution in [0, 0.1) is 5.92 Å². The number of amides is 2. The number of hydrogen-bond donors (Lipinski definition) is 2. The van der Waals surface area contributed by atoms with Gasteiger partial charge in [0.1, 0.15) is 12.6 Å². The van der Waals surface area contributed by atoms with Crippen molar-refractivity contribution in [2.45, 2.75) is 32.2 Å². The van der Waals surface area contributed by atoms with Gasteiger partial charge in [0.25, 0.3) is 0 Å². The van der Waals surface area contributed by atoms with Crippen molar-refractivity contribution in [1.29, 1.82) is 0 Å². The van der Waals surface area contributed by atoms with E-state index >= 15 is 0 Å². The van der Waals surface area contributed by atoms with Crippen molar-refractivity contribution in [1.82, 2.24) is 10.6 Å². The molecule has 0 unspecified atom stereocenters. The van der Waals surface area contributed by atoms with Crippen molar-refractivity contribution in [2.75, 3.05) is 20.3 Å². The molecule has 2 amide bonds. The first-order valence-corrected chi connectivity index (χ1v) is 10.4. The van der Waals surface area contributed by atoms with Gasteiger partial charge < -0.3 is 20.1 Å². The summed E-state index contributed by atoms with van der Waals surface area (Å²) in [5.41, 5.74) is 4.44. The van der Waals surface area contributed by atoms with E-state index in [0.29, 0.717) is 0 Å². The third-order valence-corrected chi connectivity index (χ3v) is 5.15. The van der Waals surface area contributed by atoms with Crippen LogP contribution in [-0.4, -0.2) is 44.3 Å². The average molecular weight is 424 g/mol. The minimum Gasteiger partial charge on any atom is -0.464 e. The van der Waals surface area contributed by atoms with Crippen LogP contribution < -0.4 is 10.6 Å². The van der Waals surface area contributed by atoms with Crippen molar-refractivity contribution in [3.05, 3.63) is 59.7 Å². The molecular weight excluding hydrogens is 396 g/mol. The van der Waals surface area contributed by atoms with Gasteiger partial charge in [-0.3, -0.25) is 4.79 Å². The standard InChI is InChI=1S/C24H28N2O5/c1-15(2)13-30-23(28)21(12-22(27)25-3)26-24(29)31-14-20-18-10-6-4-8-16(18)17-9-5-7-11-19(17)20/h4-11,15,20-21H,12-14H2,1-3H3,(H,25,27)(H,26,29)/t21-/m0/s1. The molecule has 164 valence electrons. The van der Waals surface area contributed by atoms with E-state index in [4.69, 9.17) is 9.47 Å². The van der Waals surface area contributed by atoms with Gasteiger partial charge in [-0.1, -0.05) is 62.4 Å². The lowest BCUT2D eigenvalue weighted by Gasteiger charge is -2.19. The zero-order chi connectivity index (χ0) is 22.4. The first-order chi connectivity index (χ1) is 14.9. The molecule has 0 saturated carbocycles. The molecule has 0 fully saturated rings. The predicted molar refractivity (Wildman–Crippen MR) is 116 cm³/mol. The van der Waals surface area contributed by atoms with Gasteiger partial charge in [-0.15, -0.1) is 0 Å². The molecule has 0 saturated heterocycles. The highest BCUT2D eigenvalue weighted by Gasteiger charge is 2.30. The molecule has 1 aliphatic rings. The number of ether oxygens (including phenoxy) is 2. The van der Waals surface area contributed by atoms with Crippen molar-refractivity contribution in [3.8, 4) is 11.1 Å². The molecule has 1 atom stereocenters. The monoisotopic (exact) mass is 424 g/mol. The molecule has 0 radical (unpaired) electrons. The van der Waals surface area contributed by atoms with Gasteiger partial charge in [-0.05, 0) is 28.2 Å². The lowest BCUT2D eigenvalue weighted by molar-refractivity contribution is -0.148. The third-order valence-electron chi connectivity index (χ3n) is 5.15. The maximum absolute atomic E-state index is 12.5. The molecule has 7 nitrogen and oxygen atoms in total. The minimum absolute atomic E-state index is 0.0940. The summed E-state index contributed by atoms with van der Waals surface area (Å²) in [5.74, 6) is -1.00. The quantitative estimate of drug-likeness (QED) is 0.635. The van der Waals surface area contributed by atoms with Gasteiger partial charge in [0.2, 0.25) is 5.91 Å². The topological polar surface area (TPSA) is 93.7 Å². The van der Waals surface area contributed by atoms with Crippen molar-refractivity contribution >= 4 is 18.0 Å². The SMILES string of the molecule is CNC(=O)C[C@H](NC(=O)OCC1c2ccccc2-c2ccccc21)C(=O)OCC(C)C. The van der Waals surface area contributed by atoms with Gasteiger partial charge in [0.15, 0.2) is 0 Å². The van der Waals surface area contributed by atoms with E-state index in [-0.39, 0.29) is 37.4 Å². The van der Waals surface area contributed by atoms with E-state index in [1.54, 1.807) is 0 Å². The summed E-state index contributed by atoms with van der Waals surface area (Å²) >= 11 is 0. The number of hydrogen-bond acceptors (Lipinski definition) is 5. The number of rotatable bonds is 8. The molecule has 0 bridgehead atoms. The summed E-state index contributed by atoms with van der Waals surface area (Å²) in [6, 6.07) is 14.9. The number of esters is 1. The van der Waals surface area contributed by atoms with Crippen LogP contribution >= 0.6 is 0 Å². The van der Waals surface area contributed by atoms with Crippen LogP contribution in [-0.2, 0) is 19.1 Å². The van der Waals surface area contributed by atoms with Crippen LogP contribution in [0.2, 0.25) is 0 Å². The fourth-order valence-electron chi connectivity index (χ4n) is 3.61. The summed E-state index contributed by atoms with van der Waals surface area (Å²) in [4.78, 5) is 36.6. The first-order valence-electron chi connectivity index (χ1n) is 10.4. The summed E-state index contributed by atoms with van der Waals surface area (Å²) < 4.78 is 10.7. The summed E-state index contributed by atoms with van der Waals surface area (Å²) in [5, 5.41) is 4.93. The molecular formula is C24H28N2O5. The van der Waals surface area contributed by atoms with Crippen molar-refractivity contribution < 1.29 is 23.9 Å². The lowest BCUT2D eigenvalue weighted by atomic mass is 9.98. The average Bonchev–Trinajstić information content (AvgIpc) is 3.09. The Balaban J connectivity index is 1.66. The second kappa shape index (κ2) is 10.1. The molecule has 3 rings (SSSR count). The highest BCUT2D eigenvalue weighted by atomic mass is 16.6. The van der Waals surface area contributed by atoms with Crippen LogP contribution in [0.5, 0.6) is 0 Å². The van der Waals surface area contributed by atoms with Crippen LogP contribution in [0.25, 0.3) is 11.1 Å². The molecule has 0 aliphatic heterocycles. The van der Waals surface area contributed by atoms with E-state index in [1.807, 2.05) is 50.2 Å². The molecule has 7 heteroatoms. The summed E-state index contributed by atoms with van der Waals surface area (Å²) in [6.45, 7) is 4.13. The van der Waals surface area contributed by atoms with E-state index in [0.717, 1.165) is 22.3 Å². The van der Waals surface area contributed by atoms with Crippen molar-refractivity contribution in [2.24, 2.45) is 5.92 Å². The Kier molecular flexibility index (Phi) is 7.28. The lowest BCUT2D eigenvalue weighted by Crippen LogP contribution is -2.45. The molecule has 0 aromatic heterocycles. The Morgan fingerprint density at radius 1 is 0.935 bits per heavy atom. The summed E-state index contributed by atoms with van der Waals surface area (Å²) in [7, 11) is 1.46. The molecule has 2 N–H and O–H groups in total. The third kappa shape index (κ3) is 5.42. The molecule has 1 aliphatic carbocycles. The van der Waals surface area contributed by atoms with Crippen LogP contribution in [0.4, 0.5) is 4.79 Å². The van der Waals surface area contributed by atoms with E-state index in [1.165, 1.54) is 7.05 Å².